The first-order valence-corrected chi connectivity index (χ1v) is 8.02. The van der Waals surface area contributed by atoms with Crippen LogP contribution in [0.3, 0.4) is 0 Å². The minimum absolute atomic E-state index is 0.136. The van der Waals surface area contributed by atoms with Crippen molar-refractivity contribution in [3.63, 3.8) is 0 Å². The SMILES string of the molecule is CO/N=C1\CC(CO)N(C(=O)c2cnc(-c3ccccc3C)cn2)C1. The van der Waals surface area contributed by atoms with Gasteiger partial charge >= 0.3 is 0 Å². The molecule has 7 nitrogen and oxygen atoms in total. The van der Waals surface area contributed by atoms with Gasteiger partial charge in [-0.05, 0) is 12.5 Å². The zero-order valence-electron chi connectivity index (χ0n) is 14.2. The summed E-state index contributed by atoms with van der Waals surface area (Å²) in [6, 6.07) is 7.56. The number of nitrogens with zero attached hydrogens (tertiary/aromatic N) is 4. The Morgan fingerprint density at radius 1 is 1.36 bits per heavy atom. The van der Waals surface area contributed by atoms with Crippen molar-refractivity contribution in [3.8, 4) is 11.3 Å². The summed E-state index contributed by atoms with van der Waals surface area (Å²) in [5.74, 6) is -0.274. The van der Waals surface area contributed by atoms with E-state index in [1.165, 1.54) is 13.3 Å². The highest BCUT2D eigenvalue weighted by Crippen LogP contribution is 2.21. The molecule has 1 aliphatic heterocycles. The van der Waals surface area contributed by atoms with Gasteiger partial charge in [0.05, 0.1) is 43.0 Å². The number of carbonyl (C=O) groups excluding carboxylic acids is 1. The zero-order chi connectivity index (χ0) is 17.8. The fourth-order valence-electron chi connectivity index (χ4n) is 2.95. The molecular weight excluding hydrogens is 320 g/mol. The number of oxime groups is 1. The monoisotopic (exact) mass is 340 g/mol. The van der Waals surface area contributed by atoms with Crippen molar-refractivity contribution in [1.82, 2.24) is 14.9 Å². The van der Waals surface area contributed by atoms with Crippen molar-refractivity contribution in [3.05, 3.63) is 47.9 Å². The zero-order valence-corrected chi connectivity index (χ0v) is 14.2. The molecule has 0 saturated carbocycles. The van der Waals surface area contributed by atoms with Crippen LogP contribution < -0.4 is 0 Å². The molecule has 25 heavy (non-hydrogen) atoms. The molecule has 1 aromatic carbocycles. The van der Waals surface area contributed by atoms with Crippen LogP contribution in [0, 0.1) is 6.92 Å². The molecule has 1 atom stereocenters. The van der Waals surface area contributed by atoms with Crippen molar-refractivity contribution >= 4 is 11.6 Å². The molecule has 0 aliphatic carbocycles. The highest BCUT2D eigenvalue weighted by molar-refractivity contribution is 5.99. The molecule has 130 valence electrons. The Kier molecular flexibility index (Phi) is 5.04. The lowest BCUT2D eigenvalue weighted by molar-refractivity contribution is 0.0674. The predicted molar refractivity (Wildman–Crippen MR) is 93.2 cm³/mol. The van der Waals surface area contributed by atoms with Crippen LogP contribution in [0.5, 0.6) is 0 Å². The summed E-state index contributed by atoms with van der Waals surface area (Å²) in [6.45, 7) is 2.19. The minimum atomic E-state index is -0.320. The number of hydrogen-bond donors (Lipinski definition) is 1. The van der Waals surface area contributed by atoms with E-state index in [-0.39, 0.29) is 24.2 Å². The molecule has 1 aromatic heterocycles. The number of carbonyl (C=O) groups is 1. The first kappa shape index (κ1) is 17.0. The number of benzene rings is 1. The van der Waals surface area contributed by atoms with E-state index < -0.39 is 0 Å². The first-order valence-electron chi connectivity index (χ1n) is 8.02. The van der Waals surface area contributed by atoms with Gasteiger partial charge in [0.1, 0.15) is 12.8 Å². The van der Waals surface area contributed by atoms with E-state index in [0.29, 0.717) is 13.0 Å². The third-order valence-electron chi connectivity index (χ3n) is 4.25. The third-order valence-corrected chi connectivity index (χ3v) is 4.25. The molecule has 7 heteroatoms. The van der Waals surface area contributed by atoms with Gasteiger partial charge in [-0.1, -0.05) is 29.4 Å². The van der Waals surface area contributed by atoms with Crippen LogP contribution in [0.2, 0.25) is 0 Å². The lowest BCUT2D eigenvalue weighted by Crippen LogP contribution is -2.38. The topological polar surface area (TPSA) is 87.9 Å². The quantitative estimate of drug-likeness (QED) is 0.855. The smallest absolute Gasteiger partial charge is 0.274 e. The molecule has 2 aromatic rings. The second kappa shape index (κ2) is 7.40. The van der Waals surface area contributed by atoms with E-state index in [0.717, 1.165) is 22.5 Å². The summed E-state index contributed by atoms with van der Waals surface area (Å²) in [7, 11) is 1.46. The number of hydrogen-bond acceptors (Lipinski definition) is 6. The van der Waals surface area contributed by atoms with Gasteiger partial charge in [-0.25, -0.2) is 4.98 Å². The minimum Gasteiger partial charge on any atom is -0.399 e. The largest absolute Gasteiger partial charge is 0.399 e. The molecule has 1 amide bonds. The molecule has 1 N–H and O–H groups in total. The van der Waals surface area contributed by atoms with Crippen LogP contribution in [0.15, 0.2) is 41.8 Å². The second-order valence-electron chi connectivity index (χ2n) is 5.92. The molecule has 1 saturated heterocycles. The highest BCUT2D eigenvalue weighted by atomic mass is 16.6. The Bertz CT molecular complexity index is 789. The average Bonchev–Trinajstić information content (AvgIpc) is 3.05. The van der Waals surface area contributed by atoms with Crippen molar-refractivity contribution in [2.45, 2.75) is 19.4 Å². The van der Waals surface area contributed by atoms with E-state index in [4.69, 9.17) is 4.84 Å². The average molecular weight is 340 g/mol. The molecule has 1 aliphatic rings. The summed E-state index contributed by atoms with van der Waals surface area (Å²) in [5.41, 5.74) is 3.76. The molecule has 3 rings (SSSR count). The van der Waals surface area contributed by atoms with Crippen molar-refractivity contribution in [2.75, 3.05) is 20.3 Å². The highest BCUT2D eigenvalue weighted by Gasteiger charge is 2.34. The summed E-state index contributed by atoms with van der Waals surface area (Å²) >= 11 is 0. The summed E-state index contributed by atoms with van der Waals surface area (Å²) in [5, 5.41) is 13.4. The van der Waals surface area contributed by atoms with E-state index in [9.17, 15) is 9.90 Å². The number of aliphatic hydroxyl groups is 1. The number of rotatable bonds is 4. The molecule has 1 fully saturated rings. The fraction of sp³-hybridized carbons (Fsp3) is 0.333. The van der Waals surface area contributed by atoms with Gasteiger partial charge in [0, 0.05) is 12.0 Å². The van der Waals surface area contributed by atoms with E-state index in [1.54, 1.807) is 11.1 Å². The molecule has 0 spiro atoms. The molecule has 2 heterocycles. The van der Waals surface area contributed by atoms with Crippen LogP contribution >= 0.6 is 0 Å². The summed E-state index contributed by atoms with van der Waals surface area (Å²) in [4.78, 5) is 27.7. The number of aliphatic hydroxyl groups excluding tert-OH is 1. The maximum Gasteiger partial charge on any atom is 0.274 e. The molecule has 0 bridgehead atoms. The van der Waals surface area contributed by atoms with Gasteiger partial charge in [0.15, 0.2) is 0 Å². The van der Waals surface area contributed by atoms with Crippen LogP contribution in [-0.2, 0) is 4.84 Å². The molecule has 1 unspecified atom stereocenters. The van der Waals surface area contributed by atoms with Crippen molar-refractivity contribution in [2.24, 2.45) is 5.16 Å². The molecule has 0 radical (unpaired) electrons. The summed E-state index contributed by atoms with van der Waals surface area (Å²) < 4.78 is 0. The lowest BCUT2D eigenvalue weighted by atomic mass is 10.1. The Morgan fingerprint density at radius 3 is 2.80 bits per heavy atom. The summed E-state index contributed by atoms with van der Waals surface area (Å²) in [6.07, 6.45) is 3.57. The normalized spacial score (nSPS) is 18.6. The molecular formula is C18H20N4O3. The van der Waals surface area contributed by atoms with Crippen LogP contribution in [-0.4, -0.2) is 57.9 Å². The van der Waals surface area contributed by atoms with Gasteiger partial charge in [-0.3, -0.25) is 9.78 Å². The van der Waals surface area contributed by atoms with E-state index in [2.05, 4.69) is 15.1 Å². The number of likely N-dealkylation sites (tertiary alicyclic amines) is 1. The van der Waals surface area contributed by atoms with Gasteiger partial charge in [0.25, 0.3) is 5.91 Å². The Morgan fingerprint density at radius 2 is 2.16 bits per heavy atom. The number of aryl methyl sites for hydroxylation is 1. The lowest BCUT2D eigenvalue weighted by Gasteiger charge is -2.21. The maximum atomic E-state index is 12.7. The Labute approximate surface area is 146 Å². The van der Waals surface area contributed by atoms with Crippen molar-refractivity contribution in [1.29, 1.82) is 0 Å². The fourth-order valence-corrected chi connectivity index (χ4v) is 2.95. The van der Waals surface area contributed by atoms with Crippen LogP contribution in [0.25, 0.3) is 11.3 Å². The standard InChI is InChI=1S/C18H20N4O3/c1-12-5-3-4-6-15(12)16-8-20-17(9-19-16)18(24)22-10-13(21-25-2)7-14(22)11-23/h3-6,8-9,14,23H,7,10-11H2,1-2H3/b21-13+. The second-order valence-corrected chi connectivity index (χ2v) is 5.92. The van der Waals surface area contributed by atoms with Crippen LogP contribution in [0.4, 0.5) is 0 Å². The van der Waals surface area contributed by atoms with Crippen LogP contribution in [0.1, 0.15) is 22.5 Å². The Hall–Kier alpha value is -2.80. The van der Waals surface area contributed by atoms with Crippen molar-refractivity contribution < 1.29 is 14.7 Å². The first-order chi connectivity index (χ1) is 12.1. The van der Waals surface area contributed by atoms with E-state index >= 15 is 0 Å². The van der Waals surface area contributed by atoms with Gasteiger partial charge in [0.2, 0.25) is 0 Å². The van der Waals surface area contributed by atoms with Gasteiger partial charge < -0.3 is 14.8 Å². The maximum absolute atomic E-state index is 12.7. The van der Waals surface area contributed by atoms with Gasteiger partial charge in [-0.2, -0.15) is 0 Å². The Balaban J connectivity index is 1.81. The third kappa shape index (κ3) is 3.51. The number of amides is 1. The predicted octanol–water partition coefficient (Wildman–Crippen LogP) is 1.66. The van der Waals surface area contributed by atoms with Gasteiger partial charge in [-0.15, -0.1) is 0 Å². The van der Waals surface area contributed by atoms with E-state index in [1.807, 2.05) is 31.2 Å². The number of aromatic nitrogens is 2.